The van der Waals surface area contributed by atoms with Gasteiger partial charge in [0, 0.05) is 23.2 Å². The van der Waals surface area contributed by atoms with E-state index in [1.807, 2.05) is 60.7 Å². The van der Waals surface area contributed by atoms with E-state index < -0.39 is 48.2 Å². The highest BCUT2D eigenvalue weighted by Gasteiger charge is 2.42. The summed E-state index contributed by atoms with van der Waals surface area (Å²) in [5, 5.41) is 46.6. The zero-order chi connectivity index (χ0) is 49.5. The second-order valence-corrected chi connectivity index (χ2v) is 18.4. The first-order chi connectivity index (χ1) is 34.5. The molecule has 0 aliphatic heterocycles. The van der Waals surface area contributed by atoms with Crippen LogP contribution >= 0.6 is 0 Å². The van der Waals surface area contributed by atoms with E-state index in [1.165, 1.54) is 0 Å². The number of azo groups is 2. The van der Waals surface area contributed by atoms with Gasteiger partial charge in [-0.25, -0.2) is 9.59 Å². The Hall–Kier alpha value is -7.68. The molecular weight excluding hydrogens is 897 g/mol. The van der Waals surface area contributed by atoms with Crippen LogP contribution in [0.2, 0.25) is 0 Å². The molecule has 0 radical (unpaired) electrons. The van der Waals surface area contributed by atoms with Crippen molar-refractivity contribution in [2.45, 2.75) is 81.1 Å². The Morgan fingerprint density at radius 2 is 0.718 bits per heavy atom. The molecule has 2 amide bonds. The zero-order valence-corrected chi connectivity index (χ0v) is 39.4. The third kappa shape index (κ3) is 13.4. The van der Waals surface area contributed by atoms with E-state index in [0.29, 0.717) is 45.7 Å². The van der Waals surface area contributed by atoms with Gasteiger partial charge in [0.25, 0.3) is 0 Å². The number of rotatable bonds is 18. The van der Waals surface area contributed by atoms with Crippen LogP contribution < -0.4 is 10.6 Å². The molecule has 8 rings (SSSR count). The van der Waals surface area contributed by atoms with E-state index >= 15 is 0 Å². The van der Waals surface area contributed by atoms with E-state index in [9.17, 15) is 29.4 Å². The number of Topliss-reactive ketones (excluding diaryl/α,β-unsaturated/α-hetero) is 2. The zero-order valence-electron chi connectivity index (χ0n) is 39.4. The second-order valence-electron chi connectivity index (χ2n) is 18.4. The summed E-state index contributed by atoms with van der Waals surface area (Å²) in [7, 11) is 0. The predicted molar refractivity (Wildman–Crippen MR) is 269 cm³/mol. The lowest BCUT2D eigenvalue weighted by Gasteiger charge is -2.34. The first-order valence-corrected chi connectivity index (χ1v) is 24.2. The number of amides is 2. The molecule has 0 heterocycles. The van der Waals surface area contributed by atoms with Crippen molar-refractivity contribution in [3.05, 3.63) is 192 Å². The van der Waals surface area contributed by atoms with Crippen LogP contribution in [0.4, 0.5) is 32.3 Å². The van der Waals surface area contributed by atoms with Crippen molar-refractivity contribution < 1.29 is 38.9 Å². The molecule has 14 nitrogen and oxygen atoms in total. The molecule has 0 bridgehead atoms. The van der Waals surface area contributed by atoms with Crippen molar-refractivity contribution in [3.63, 3.8) is 0 Å². The van der Waals surface area contributed by atoms with Crippen LogP contribution in [-0.4, -0.2) is 59.3 Å². The number of ketones is 2. The Balaban J connectivity index is 0.762. The van der Waals surface area contributed by atoms with Gasteiger partial charge < -0.3 is 30.3 Å². The van der Waals surface area contributed by atoms with Crippen LogP contribution in [-0.2, 0) is 20.7 Å². The standard InChI is InChI=1S/C57H58N6O8/c64-52(42-25-33-50(34-26-42)62-60-48-17-9-3-10-18-48)56(68,44-13-5-1-6-14-44)38-70-54(66)58-46-29-21-40(22-30-46)37-41-23-31-47(32-24-41)59-55(67)71-39-57(69,45-15-7-2-8-16-45)53(65)43-27-35-51(36-28-43)63-61-49-19-11-4-12-20-49/h1-20,25-28,33-36,40-41,46-47,68-69H,21-24,29-32,37-39H2,(H,58,66)(H,59,67). The lowest BCUT2D eigenvalue weighted by Crippen LogP contribution is -2.44. The molecule has 6 aromatic carbocycles. The number of hydrogen-bond acceptors (Lipinski definition) is 12. The molecule has 2 fully saturated rings. The van der Waals surface area contributed by atoms with Crippen molar-refractivity contribution >= 4 is 46.5 Å². The number of nitrogens with one attached hydrogen (secondary N) is 2. The van der Waals surface area contributed by atoms with Crippen LogP contribution in [0.1, 0.15) is 89.6 Å². The van der Waals surface area contributed by atoms with Gasteiger partial charge in [-0.15, -0.1) is 0 Å². The average Bonchev–Trinajstić information content (AvgIpc) is 3.42. The molecule has 2 atom stereocenters. The number of aliphatic hydroxyl groups is 2. The van der Waals surface area contributed by atoms with Crippen molar-refractivity contribution in [2.75, 3.05) is 13.2 Å². The maximum absolute atomic E-state index is 13.9. The molecule has 2 aliphatic rings. The van der Waals surface area contributed by atoms with Gasteiger partial charge in [-0.1, -0.05) is 97.1 Å². The lowest BCUT2D eigenvalue weighted by molar-refractivity contribution is -0.0111. The van der Waals surface area contributed by atoms with Crippen LogP contribution in [0.25, 0.3) is 0 Å². The highest BCUT2D eigenvalue weighted by atomic mass is 16.6. The summed E-state index contributed by atoms with van der Waals surface area (Å²) in [5.74, 6) is -0.231. The quantitative estimate of drug-likeness (QED) is 0.0481. The molecule has 0 aromatic heterocycles. The number of nitrogens with zero attached hydrogens (tertiary/aromatic N) is 4. The number of carbonyl (C=O) groups is 4. The third-order valence-electron chi connectivity index (χ3n) is 13.4. The van der Waals surface area contributed by atoms with Crippen molar-refractivity contribution in [2.24, 2.45) is 32.3 Å². The topological polar surface area (TPSA) is 201 Å². The van der Waals surface area contributed by atoms with E-state index in [0.717, 1.165) is 57.8 Å². The van der Waals surface area contributed by atoms with E-state index in [2.05, 4.69) is 31.1 Å². The summed E-state index contributed by atoms with van der Waals surface area (Å²) >= 11 is 0. The molecule has 2 unspecified atom stereocenters. The largest absolute Gasteiger partial charge is 0.446 e. The Labute approximate surface area is 413 Å². The van der Waals surface area contributed by atoms with Crippen LogP contribution in [0.3, 0.4) is 0 Å². The number of benzene rings is 6. The van der Waals surface area contributed by atoms with Gasteiger partial charge in [0.15, 0.2) is 11.2 Å². The van der Waals surface area contributed by atoms with Crippen molar-refractivity contribution in [3.8, 4) is 0 Å². The molecule has 71 heavy (non-hydrogen) atoms. The second kappa shape index (κ2) is 23.8. The molecule has 6 aromatic rings. The highest BCUT2D eigenvalue weighted by Crippen LogP contribution is 2.36. The number of ether oxygens (including phenoxy) is 2. The Bertz CT molecular complexity index is 2560. The summed E-state index contributed by atoms with van der Waals surface area (Å²) in [4.78, 5) is 54.0. The fourth-order valence-electron chi connectivity index (χ4n) is 9.36. The minimum absolute atomic E-state index is 0.0966. The van der Waals surface area contributed by atoms with Crippen LogP contribution in [0.15, 0.2) is 190 Å². The lowest BCUT2D eigenvalue weighted by atomic mass is 9.76. The summed E-state index contributed by atoms with van der Waals surface area (Å²) in [5.41, 5.74) is -0.739. The van der Waals surface area contributed by atoms with E-state index in [4.69, 9.17) is 9.47 Å². The predicted octanol–water partition coefficient (Wildman–Crippen LogP) is 12.3. The molecule has 14 heteroatoms. The van der Waals surface area contributed by atoms with E-state index in [1.54, 1.807) is 109 Å². The minimum Gasteiger partial charge on any atom is -0.446 e. The molecule has 364 valence electrons. The van der Waals surface area contributed by atoms with Gasteiger partial charge in [0.1, 0.15) is 13.2 Å². The SMILES string of the molecule is O=C(NC1CCC(CC2CCC(NC(=O)OCC(O)(C(=O)c3ccc(N=Nc4ccccc4)cc3)c3ccccc3)CC2)CC1)OCC(O)(C(=O)c1ccc(N=Nc2ccccc2)cc1)c1ccccc1. The van der Waals surface area contributed by atoms with Crippen molar-refractivity contribution in [1.29, 1.82) is 0 Å². The summed E-state index contributed by atoms with van der Waals surface area (Å²) in [6.07, 6.45) is 6.55. The van der Waals surface area contributed by atoms with Crippen LogP contribution in [0.5, 0.6) is 0 Å². The maximum atomic E-state index is 13.9. The monoisotopic (exact) mass is 954 g/mol. The van der Waals surface area contributed by atoms with Gasteiger partial charge >= 0.3 is 12.2 Å². The smallest absolute Gasteiger partial charge is 0.407 e. The summed E-state index contributed by atoms with van der Waals surface area (Å²) < 4.78 is 11.2. The minimum atomic E-state index is -2.13. The molecular formula is C57H58N6O8. The van der Waals surface area contributed by atoms with Crippen LogP contribution in [0, 0.1) is 11.8 Å². The molecule has 2 saturated carbocycles. The number of hydrogen-bond donors (Lipinski definition) is 4. The fraction of sp³-hybridized carbons (Fsp3) is 0.298. The third-order valence-corrected chi connectivity index (χ3v) is 13.4. The Morgan fingerprint density at radius 1 is 0.423 bits per heavy atom. The Kier molecular flexibility index (Phi) is 16.6. The highest BCUT2D eigenvalue weighted by molar-refractivity contribution is 6.04. The fourth-order valence-corrected chi connectivity index (χ4v) is 9.36. The van der Waals surface area contributed by atoms with Gasteiger partial charge in [0.05, 0.1) is 22.7 Å². The average molecular weight is 955 g/mol. The first-order valence-electron chi connectivity index (χ1n) is 24.2. The molecule has 0 saturated heterocycles. The summed E-state index contributed by atoms with van der Waals surface area (Å²) in [6, 6.07) is 48.1. The first kappa shape index (κ1) is 49.7. The Morgan fingerprint density at radius 3 is 1.04 bits per heavy atom. The molecule has 4 N–H and O–H groups in total. The van der Waals surface area contributed by atoms with Crippen molar-refractivity contribution in [1.82, 2.24) is 10.6 Å². The van der Waals surface area contributed by atoms with Gasteiger partial charge in [-0.2, -0.15) is 20.5 Å². The number of carbonyl (C=O) groups excluding carboxylic acids is 4. The van der Waals surface area contributed by atoms with E-state index in [-0.39, 0.29) is 23.2 Å². The molecule has 2 aliphatic carbocycles. The maximum Gasteiger partial charge on any atom is 0.407 e. The van der Waals surface area contributed by atoms with Gasteiger partial charge in [0.2, 0.25) is 11.6 Å². The normalized spacial score (nSPS) is 19.7. The van der Waals surface area contributed by atoms with Gasteiger partial charge in [-0.05, 0) is 154 Å². The number of alkyl carbamates (subject to hydrolysis) is 2. The van der Waals surface area contributed by atoms with Gasteiger partial charge in [-0.3, -0.25) is 9.59 Å². The summed E-state index contributed by atoms with van der Waals surface area (Å²) in [6.45, 7) is -1.14. The molecule has 0 spiro atoms.